The molecule has 0 saturated heterocycles. The van der Waals surface area contributed by atoms with E-state index < -0.39 is 0 Å². The van der Waals surface area contributed by atoms with E-state index in [4.69, 9.17) is 11.6 Å². The molecule has 0 heterocycles. The van der Waals surface area contributed by atoms with Gasteiger partial charge in [-0.1, -0.05) is 25.4 Å². The van der Waals surface area contributed by atoms with E-state index in [1.165, 1.54) is 6.92 Å². The molecule has 0 aliphatic carbocycles. The van der Waals surface area contributed by atoms with Gasteiger partial charge in [0.25, 0.3) is 0 Å². The largest absolute Gasteiger partial charge is 0.326 e. The van der Waals surface area contributed by atoms with Crippen LogP contribution >= 0.6 is 11.6 Å². The Kier molecular flexibility index (Phi) is 4.15. The zero-order valence-corrected chi connectivity index (χ0v) is 10.1. The number of hydrogen-bond donors (Lipinski definition) is 1. The van der Waals surface area contributed by atoms with Crippen LogP contribution in [0.25, 0.3) is 0 Å². The summed E-state index contributed by atoms with van der Waals surface area (Å²) in [5.41, 5.74) is 2.99. The molecule has 0 bridgehead atoms. The minimum Gasteiger partial charge on any atom is -0.326 e. The quantitative estimate of drug-likeness (QED) is 0.839. The molecule has 1 rings (SSSR count). The van der Waals surface area contributed by atoms with E-state index >= 15 is 0 Å². The van der Waals surface area contributed by atoms with Gasteiger partial charge in [-0.2, -0.15) is 0 Å². The van der Waals surface area contributed by atoms with E-state index in [0.29, 0.717) is 0 Å². The maximum Gasteiger partial charge on any atom is 0.221 e. The molecule has 1 N–H and O–H groups in total. The number of carbonyl (C=O) groups excluding carboxylic acids is 1. The van der Waals surface area contributed by atoms with Crippen molar-refractivity contribution in [3.63, 3.8) is 0 Å². The third-order valence-corrected chi connectivity index (χ3v) is 2.66. The molecule has 0 unspecified atom stereocenters. The van der Waals surface area contributed by atoms with Crippen LogP contribution in [0, 0.1) is 0 Å². The third-order valence-electron chi connectivity index (χ3n) is 2.33. The fourth-order valence-corrected chi connectivity index (χ4v) is 1.93. The first-order valence-electron chi connectivity index (χ1n) is 5.17. The maximum atomic E-state index is 11.0. The number of rotatable bonds is 3. The summed E-state index contributed by atoms with van der Waals surface area (Å²) in [7, 11) is 0. The standard InChI is InChI=1S/C12H16ClNO/c1-4-9-6-11(13)10(5-2)12(7-9)14-8(3)15/h6-7H,4-5H2,1-3H3,(H,14,15). The lowest BCUT2D eigenvalue weighted by Crippen LogP contribution is -2.08. The summed E-state index contributed by atoms with van der Waals surface area (Å²) in [6, 6.07) is 3.96. The smallest absolute Gasteiger partial charge is 0.221 e. The van der Waals surface area contributed by atoms with Gasteiger partial charge in [0, 0.05) is 17.6 Å². The predicted octanol–water partition coefficient (Wildman–Crippen LogP) is 3.42. The molecule has 0 aromatic heterocycles. The molecule has 0 atom stereocenters. The Balaban J connectivity index is 3.19. The highest BCUT2D eigenvalue weighted by molar-refractivity contribution is 6.32. The first-order chi connectivity index (χ1) is 7.08. The van der Waals surface area contributed by atoms with Crippen LogP contribution < -0.4 is 5.32 Å². The van der Waals surface area contributed by atoms with Gasteiger partial charge in [-0.05, 0) is 36.1 Å². The molecule has 1 amide bonds. The van der Waals surface area contributed by atoms with Crippen LogP contribution in [0.2, 0.25) is 5.02 Å². The highest BCUT2D eigenvalue weighted by Crippen LogP contribution is 2.27. The second-order valence-electron chi connectivity index (χ2n) is 3.49. The van der Waals surface area contributed by atoms with Gasteiger partial charge >= 0.3 is 0 Å². The molecule has 2 nitrogen and oxygen atoms in total. The topological polar surface area (TPSA) is 29.1 Å². The SMILES string of the molecule is CCc1cc(Cl)c(CC)c(NC(C)=O)c1. The van der Waals surface area contributed by atoms with Crippen molar-refractivity contribution in [2.24, 2.45) is 0 Å². The summed E-state index contributed by atoms with van der Waals surface area (Å²) in [4.78, 5) is 11.0. The molecule has 0 fully saturated rings. The molecule has 0 saturated carbocycles. The van der Waals surface area contributed by atoms with Crippen molar-refractivity contribution in [2.75, 3.05) is 5.32 Å². The highest BCUT2D eigenvalue weighted by Gasteiger charge is 2.08. The minimum atomic E-state index is -0.0611. The molecule has 0 aliphatic heterocycles. The van der Waals surface area contributed by atoms with E-state index in [1.807, 2.05) is 19.1 Å². The Morgan fingerprint density at radius 1 is 1.33 bits per heavy atom. The average molecular weight is 226 g/mol. The number of benzene rings is 1. The summed E-state index contributed by atoms with van der Waals surface area (Å²) in [5, 5.41) is 3.55. The van der Waals surface area contributed by atoms with E-state index in [9.17, 15) is 4.79 Å². The lowest BCUT2D eigenvalue weighted by atomic mass is 10.1. The molecular formula is C12H16ClNO. The zero-order valence-electron chi connectivity index (χ0n) is 9.36. The van der Waals surface area contributed by atoms with Crippen molar-refractivity contribution in [1.29, 1.82) is 0 Å². The van der Waals surface area contributed by atoms with Crippen LogP contribution in [0.1, 0.15) is 31.9 Å². The summed E-state index contributed by atoms with van der Waals surface area (Å²) < 4.78 is 0. The monoisotopic (exact) mass is 225 g/mol. The first-order valence-corrected chi connectivity index (χ1v) is 5.55. The lowest BCUT2D eigenvalue weighted by Gasteiger charge is -2.12. The number of hydrogen-bond acceptors (Lipinski definition) is 1. The number of halogens is 1. The van der Waals surface area contributed by atoms with E-state index in [0.717, 1.165) is 34.7 Å². The van der Waals surface area contributed by atoms with Gasteiger partial charge in [0.05, 0.1) is 0 Å². The van der Waals surface area contributed by atoms with Crippen molar-refractivity contribution in [2.45, 2.75) is 33.6 Å². The fraction of sp³-hybridized carbons (Fsp3) is 0.417. The van der Waals surface area contributed by atoms with Crippen LogP contribution in [0.3, 0.4) is 0 Å². The Hall–Kier alpha value is -1.02. The summed E-state index contributed by atoms with van der Waals surface area (Å²) in [6.45, 7) is 5.60. The van der Waals surface area contributed by atoms with Gasteiger partial charge in [0.1, 0.15) is 0 Å². The Labute approximate surface area is 95.6 Å². The number of anilines is 1. The number of amides is 1. The minimum absolute atomic E-state index is 0.0611. The van der Waals surface area contributed by atoms with E-state index in [1.54, 1.807) is 0 Å². The van der Waals surface area contributed by atoms with Crippen molar-refractivity contribution in [3.8, 4) is 0 Å². The average Bonchev–Trinajstić information content (AvgIpc) is 2.16. The van der Waals surface area contributed by atoms with Crippen LogP contribution in [-0.2, 0) is 17.6 Å². The van der Waals surface area contributed by atoms with Gasteiger partial charge in [0.2, 0.25) is 5.91 Å². The van der Waals surface area contributed by atoms with Gasteiger partial charge in [-0.25, -0.2) is 0 Å². The number of carbonyl (C=O) groups is 1. The molecular weight excluding hydrogens is 210 g/mol. The van der Waals surface area contributed by atoms with E-state index in [-0.39, 0.29) is 5.91 Å². The third kappa shape index (κ3) is 2.96. The molecule has 0 aliphatic rings. The molecule has 0 radical (unpaired) electrons. The van der Waals surface area contributed by atoms with Gasteiger partial charge in [0.15, 0.2) is 0 Å². The van der Waals surface area contributed by atoms with Gasteiger partial charge in [-0.15, -0.1) is 0 Å². The predicted molar refractivity (Wildman–Crippen MR) is 64.5 cm³/mol. The highest BCUT2D eigenvalue weighted by atomic mass is 35.5. The Morgan fingerprint density at radius 2 is 2.00 bits per heavy atom. The lowest BCUT2D eigenvalue weighted by molar-refractivity contribution is -0.114. The van der Waals surface area contributed by atoms with Crippen molar-refractivity contribution >= 4 is 23.2 Å². The summed E-state index contributed by atoms with van der Waals surface area (Å²) >= 11 is 6.15. The van der Waals surface area contributed by atoms with Gasteiger partial charge in [-0.3, -0.25) is 4.79 Å². The van der Waals surface area contributed by atoms with Crippen molar-refractivity contribution in [3.05, 3.63) is 28.3 Å². The summed E-state index contributed by atoms with van der Waals surface area (Å²) in [5.74, 6) is -0.0611. The van der Waals surface area contributed by atoms with Crippen molar-refractivity contribution < 1.29 is 4.79 Å². The molecule has 1 aromatic carbocycles. The number of aryl methyl sites for hydroxylation is 1. The fourth-order valence-electron chi connectivity index (χ4n) is 1.56. The van der Waals surface area contributed by atoms with Gasteiger partial charge < -0.3 is 5.32 Å². The van der Waals surface area contributed by atoms with Crippen molar-refractivity contribution in [1.82, 2.24) is 0 Å². The van der Waals surface area contributed by atoms with E-state index in [2.05, 4.69) is 12.2 Å². The van der Waals surface area contributed by atoms with Crippen LogP contribution in [0.15, 0.2) is 12.1 Å². The molecule has 0 spiro atoms. The first kappa shape index (κ1) is 12.1. The van der Waals surface area contributed by atoms with Crippen LogP contribution in [0.5, 0.6) is 0 Å². The molecule has 1 aromatic rings. The van der Waals surface area contributed by atoms with Crippen LogP contribution in [-0.4, -0.2) is 5.91 Å². The molecule has 3 heteroatoms. The maximum absolute atomic E-state index is 11.0. The molecule has 15 heavy (non-hydrogen) atoms. The summed E-state index contributed by atoms with van der Waals surface area (Å²) in [6.07, 6.45) is 1.73. The number of nitrogens with one attached hydrogen (secondary N) is 1. The molecule has 82 valence electrons. The second-order valence-corrected chi connectivity index (χ2v) is 3.90. The van der Waals surface area contributed by atoms with Crippen LogP contribution in [0.4, 0.5) is 5.69 Å². The second kappa shape index (κ2) is 5.17. The zero-order chi connectivity index (χ0) is 11.4. The Morgan fingerprint density at radius 3 is 2.47 bits per heavy atom. The Bertz CT molecular complexity index is 374. The normalized spacial score (nSPS) is 10.1.